The molecule has 0 aromatic heterocycles. The average molecular weight is 293 g/mol. The van der Waals surface area contributed by atoms with Crippen molar-refractivity contribution in [2.45, 2.75) is 45.3 Å². The quantitative estimate of drug-likeness (QED) is 0.906. The van der Waals surface area contributed by atoms with E-state index in [0.29, 0.717) is 6.04 Å². The van der Waals surface area contributed by atoms with Crippen molar-refractivity contribution in [1.82, 2.24) is 9.80 Å². The fourth-order valence-electron chi connectivity index (χ4n) is 3.36. The molecule has 2 N–H and O–H groups in total. The first-order chi connectivity index (χ1) is 10.1. The molecule has 0 spiro atoms. The number of benzene rings is 1. The van der Waals surface area contributed by atoms with Gasteiger partial charge in [-0.05, 0) is 37.6 Å². The molecule has 2 rings (SSSR count). The van der Waals surface area contributed by atoms with Crippen LogP contribution in [0, 0.1) is 5.82 Å². The molecule has 0 bridgehead atoms. The van der Waals surface area contributed by atoms with Crippen LogP contribution in [-0.4, -0.2) is 48.1 Å². The second-order valence-electron chi connectivity index (χ2n) is 6.04. The molecule has 0 aliphatic carbocycles. The summed E-state index contributed by atoms with van der Waals surface area (Å²) in [5.74, 6) is -0.188. The summed E-state index contributed by atoms with van der Waals surface area (Å²) in [6, 6.07) is 7.63. The van der Waals surface area contributed by atoms with Crippen LogP contribution < -0.4 is 5.73 Å². The highest BCUT2D eigenvalue weighted by Gasteiger charge is 2.31. The molecule has 3 nitrogen and oxygen atoms in total. The molecule has 1 heterocycles. The van der Waals surface area contributed by atoms with E-state index < -0.39 is 0 Å². The molecule has 1 aliphatic heterocycles. The second-order valence-corrected chi connectivity index (χ2v) is 6.04. The van der Waals surface area contributed by atoms with Crippen molar-refractivity contribution in [2.24, 2.45) is 5.73 Å². The van der Waals surface area contributed by atoms with Gasteiger partial charge in [0.25, 0.3) is 0 Å². The maximum Gasteiger partial charge on any atom is 0.123 e. The maximum absolute atomic E-state index is 13.2. The van der Waals surface area contributed by atoms with E-state index in [9.17, 15) is 4.39 Å². The lowest BCUT2D eigenvalue weighted by Crippen LogP contribution is -2.55. The molecule has 0 saturated carbocycles. The van der Waals surface area contributed by atoms with Gasteiger partial charge in [0.1, 0.15) is 5.82 Å². The lowest BCUT2D eigenvalue weighted by atomic mass is 9.95. The fraction of sp³-hybridized carbons (Fsp3) is 0.647. The molecule has 4 heteroatoms. The molecule has 3 unspecified atom stereocenters. The number of nitrogens with zero attached hydrogens (tertiary/aromatic N) is 2. The summed E-state index contributed by atoms with van der Waals surface area (Å²) >= 11 is 0. The Morgan fingerprint density at radius 2 is 1.90 bits per heavy atom. The minimum atomic E-state index is -0.188. The Kier molecular flexibility index (Phi) is 5.73. The van der Waals surface area contributed by atoms with Crippen molar-refractivity contribution in [3.63, 3.8) is 0 Å². The van der Waals surface area contributed by atoms with Crippen molar-refractivity contribution in [3.8, 4) is 0 Å². The third kappa shape index (κ3) is 3.82. The van der Waals surface area contributed by atoms with Gasteiger partial charge in [0.05, 0.1) is 0 Å². The number of hydrogen-bond acceptors (Lipinski definition) is 3. The van der Waals surface area contributed by atoms with Gasteiger partial charge < -0.3 is 5.73 Å². The lowest BCUT2D eigenvalue weighted by Gasteiger charge is -2.44. The number of hydrogen-bond donors (Lipinski definition) is 1. The standard InChI is InChI=1S/C17H28FN3/c1-4-16(19)17(14-6-8-15(18)9-7-14)21-11-10-20(5-2)13(3)12-21/h6-9,13,16-17H,4-5,10-12,19H2,1-3H3. The molecule has 0 radical (unpaired) electrons. The fourth-order valence-corrected chi connectivity index (χ4v) is 3.36. The van der Waals surface area contributed by atoms with Crippen LogP contribution >= 0.6 is 0 Å². The largest absolute Gasteiger partial charge is 0.326 e. The number of halogens is 1. The van der Waals surface area contributed by atoms with Gasteiger partial charge >= 0.3 is 0 Å². The molecule has 3 atom stereocenters. The van der Waals surface area contributed by atoms with Crippen LogP contribution in [0.15, 0.2) is 24.3 Å². The van der Waals surface area contributed by atoms with Crippen LogP contribution in [-0.2, 0) is 0 Å². The van der Waals surface area contributed by atoms with Gasteiger partial charge in [-0.1, -0.05) is 26.0 Å². The predicted molar refractivity (Wildman–Crippen MR) is 85.7 cm³/mol. The third-order valence-electron chi connectivity index (χ3n) is 4.68. The summed E-state index contributed by atoms with van der Waals surface area (Å²) in [6.07, 6.45) is 0.921. The highest BCUT2D eigenvalue weighted by molar-refractivity contribution is 5.22. The SMILES string of the molecule is CCC(N)C(c1ccc(F)cc1)N1CCN(CC)C(C)C1. The van der Waals surface area contributed by atoms with Crippen molar-refractivity contribution < 1.29 is 4.39 Å². The lowest BCUT2D eigenvalue weighted by molar-refractivity contribution is 0.0493. The van der Waals surface area contributed by atoms with E-state index in [1.807, 2.05) is 12.1 Å². The van der Waals surface area contributed by atoms with Crippen LogP contribution in [0.5, 0.6) is 0 Å². The van der Waals surface area contributed by atoms with Crippen LogP contribution in [0.2, 0.25) is 0 Å². The van der Waals surface area contributed by atoms with Gasteiger partial charge in [-0.15, -0.1) is 0 Å². The normalized spacial score (nSPS) is 24.0. The number of piperazine rings is 1. The zero-order valence-corrected chi connectivity index (χ0v) is 13.4. The zero-order chi connectivity index (χ0) is 15.4. The Bertz CT molecular complexity index is 434. The van der Waals surface area contributed by atoms with Gasteiger partial charge in [-0.3, -0.25) is 9.80 Å². The van der Waals surface area contributed by atoms with Gasteiger partial charge in [0, 0.05) is 37.8 Å². The van der Waals surface area contributed by atoms with E-state index in [-0.39, 0.29) is 17.9 Å². The Morgan fingerprint density at radius 1 is 1.24 bits per heavy atom. The van der Waals surface area contributed by atoms with Crippen molar-refractivity contribution in [1.29, 1.82) is 0 Å². The Balaban J connectivity index is 2.19. The van der Waals surface area contributed by atoms with Crippen LogP contribution in [0.1, 0.15) is 38.8 Å². The minimum Gasteiger partial charge on any atom is -0.326 e. The molecule has 1 saturated heterocycles. The van der Waals surface area contributed by atoms with Crippen molar-refractivity contribution >= 4 is 0 Å². The monoisotopic (exact) mass is 293 g/mol. The summed E-state index contributed by atoms with van der Waals surface area (Å²) in [5, 5.41) is 0. The average Bonchev–Trinajstić information content (AvgIpc) is 2.49. The molecule has 118 valence electrons. The molecule has 1 aliphatic rings. The molecule has 1 fully saturated rings. The number of rotatable bonds is 5. The molecular weight excluding hydrogens is 265 g/mol. The van der Waals surface area contributed by atoms with Gasteiger partial charge in [-0.25, -0.2) is 4.39 Å². The summed E-state index contributed by atoms with van der Waals surface area (Å²) in [5.41, 5.74) is 7.51. The first kappa shape index (κ1) is 16.4. The summed E-state index contributed by atoms with van der Waals surface area (Å²) < 4.78 is 13.2. The Hall–Kier alpha value is -0.970. The molecule has 21 heavy (non-hydrogen) atoms. The van der Waals surface area contributed by atoms with Crippen molar-refractivity contribution in [2.75, 3.05) is 26.2 Å². The topological polar surface area (TPSA) is 32.5 Å². The van der Waals surface area contributed by atoms with Gasteiger partial charge in [0.15, 0.2) is 0 Å². The number of nitrogens with two attached hydrogens (primary N) is 1. The second kappa shape index (κ2) is 7.34. The highest BCUT2D eigenvalue weighted by atomic mass is 19.1. The van der Waals surface area contributed by atoms with E-state index in [1.54, 1.807) is 0 Å². The van der Waals surface area contributed by atoms with Gasteiger partial charge in [0.2, 0.25) is 0 Å². The molecule has 1 aromatic rings. The summed E-state index contributed by atoms with van der Waals surface area (Å²) in [6.45, 7) is 10.8. The molecule has 0 amide bonds. The van der Waals surface area contributed by atoms with E-state index in [1.165, 1.54) is 12.1 Å². The first-order valence-electron chi connectivity index (χ1n) is 8.06. The summed E-state index contributed by atoms with van der Waals surface area (Å²) in [4.78, 5) is 4.97. The zero-order valence-electron chi connectivity index (χ0n) is 13.4. The first-order valence-corrected chi connectivity index (χ1v) is 8.06. The van der Waals surface area contributed by atoms with E-state index in [0.717, 1.165) is 38.2 Å². The van der Waals surface area contributed by atoms with E-state index in [2.05, 4.69) is 30.6 Å². The van der Waals surface area contributed by atoms with E-state index >= 15 is 0 Å². The maximum atomic E-state index is 13.2. The van der Waals surface area contributed by atoms with E-state index in [4.69, 9.17) is 5.73 Å². The van der Waals surface area contributed by atoms with Gasteiger partial charge in [-0.2, -0.15) is 0 Å². The third-order valence-corrected chi connectivity index (χ3v) is 4.68. The Morgan fingerprint density at radius 3 is 2.43 bits per heavy atom. The van der Waals surface area contributed by atoms with Crippen molar-refractivity contribution in [3.05, 3.63) is 35.6 Å². The minimum absolute atomic E-state index is 0.0795. The Labute approximate surface area is 127 Å². The summed E-state index contributed by atoms with van der Waals surface area (Å²) in [7, 11) is 0. The van der Waals surface area contributed by atoms with Crippen LogP contribution in [0.3, 0.4) is 0 Å². The number of likely N-dealkylation sites (N-methyl/N-ethyl adjacent to an activating group) is 1. The highest BCUT2D eigenvalue weighted by Crippen LogP contribution is 2.27. The van der Waals surface area contributed by atoms with Crippen LogP contribution in [0.25, 0.3) is 0 Å². The smallest absolute Gasteiger partial charge is 0.123 e. The predicted octanol–water partition coefficient (Wildman–Crippen LogP) is 2.63. The molecular formula is C17H28FN3. The van der Waals surface area contributed by atoms with Crippen LogP contribution in [0.4, 0.5) is 4.39 Å². The molecule has 1 aromatic carbocycles.